The number of hydrogen-bond acceptors (Lipinski definition) is 3. The van der Waals surface area contributed by atoms with E-state index in [1.54, 1.807) is 23.7 Å². The van der Waals surface area contributed by atoms with Gasteiger partial charge in [-0.2, -0.15) is 0 Å². The van der Waals surface area contributed by atoms with Crippen LogP contribution < -0.4 is 5.48 Å². The Morgan fingerprint density at radius 1 is 1.28 bits per heavy atom. The molecule has 0 saturated carbocycles. The molecule has 6 nitrogen and oxygen atoms in total. The van der Waals surface area contributed by atoms with E-state index in [2.05, 4.69) is 14.8 Å². The SMILES string of the molecule is Cl.[C-]#[N+]c1ccc2nc(Cc3ccc(/C=C/C(=O)NO)cc3)[nH]c2c1. The van der Waals surface area contributed by atoms with Gasteiger partial charge in [0.2, 0.25) is 0 Å². The molecular weight excluding hydrogens is 340 g/mol. The van der Waals surface area contributed by atoms with E-state index < -0.39 is 5.91 Å². The summed E-state index contributed by atoms with van der Waals surface area (Å²) in [6.45, 7) is 7.04. The van der Waals surface area contributed by atoms with Gasteiger partial charge < -0.3 is 4.98 Å². The van der Waals surface area contributed by atoms with E-state index in [4.69, 9.17) is 11.8 Å². The fraction of sp³-hybridized carbons (Fsp3) is 0.0556. The summed E-state index contributed by atoms with van der Waals surface area (Å²) in [4.78, 5) is 22.1. The van der Waals surface area contributed by atoms with E-state index in [0.29, 0.717) is 12.1 Å². The molecule has 0 atom stereocenters. The zero-order valence-corrected chi connectivity index (χ0v) is 13.9. The molecular formula is C18H15ClN4O2. The van der Waals surface area contributed by atoms with Crippen LogP contribution in [0.25, 0.3) is 22.0 Å². The summed E-state index contributed by atoms with van der Waals surface area (Å²) in [5.41, 5.74) is 5.75. The Balaban J connectivity index is 0.00000225. The first kappa shape index (κ1) is 18.2. The highest BCUT2D eigenvalue weighted by Crippen LogP contribution is 2.20. The predicted octanol–water partition coefficient (Wildman–Crippen LogP) is 3.64. The second kappa shape index (κ2) is 8.11. The molecule has 1 amide bonds. The van der Waals surface area contributed by atoms with Gasteiger partial charge in [0.1, 0.15) is 5.82 Å². The van der Waals surface area contributed by atoms with Crippen molar-refractivity contribution in [3.63, 3.8) is 0 Å². The number of hydroxylamine groups is 1. The number of aromatic amines is 1. The van der Waals surface area contributed by atoms with Crippen LogP contribution in [-0.2, 0) is 11.2 Å². The molecule has 0 radical (unpaired) electrons. The third-order valence-corrected chi connectivity index (χ3v) is 3.53. The van der Waals surface area contributed by atoms with Crippen LogP contribution in [0.5, 0.6) is 0 Å². The van der Waals surface area contributed by atoms with E-state index in [-0.39, 0.29) is 12.4 Å². The fourth-order valence-electron chi connectivity index (χ4n) is 2.35. The van der Waals surface area contributed by atoms with E-state index in [9.17, 15) is 4.79 Å². The van der Waals surface area contributed by atoms with Crippen LogP contribution in [0.2, 0.25) is 0 Å². The Morgan fingerprint density at radius 3 is 2.72 bits per heavy atom. The topological polar surface area (TPSA) is 82.4 Å². The molecule has 0 aliphatic carbocycles. The average Bonchev–Trinajstić information content (AvgIpc) is 3.02. The van der Waals surface area contributed by atoms with Crippen LogP contribution >= 0.6 is 12.4 Å². The Hall–Kier alpha value is -3.14. The molecule has 2 aromatic carbocycles. The van der Waals surface area contributed by atoms with Crippen LogP contribution in [0.1, 0.15) is 17.0 Å². The maximum Gasteiger partial charge on any atom is 0.267 e. The number of H-pyrrole nitrogens is 1. The zero-order chi connectivity index (χ0) is 16.9. The quantitative estimate of drug-likeness (QED) is 0.289. The molecule has 1 aromatic heterocycles. The molecule has 7 heteroatoms. The number of fused-ring (bicyclic) bond motifs is 1. The number of nitrogens with one attached hydrogen (secondary N) is 2. The van der Waals surface area contributed by atoms with E-state index >= 15 is 0 Å². The van der Waals surface area contributed by atoms with E-state index in [1.807, 2.05) is 30.3 Å². The highest BCUT2D eigenvalue weighted by molar-refractivity contribution is 5.90. The smallest absolute Gasteiger partial charge is 0.267 e. The van der Waals surface area contributed by atoms with Gasteiger partial charge in [0, 0.05) is 12.5 Å². The maximum atomic E-state index is 10.9. The van der Waals surface area contributed by atoms with Gasteiger partial charge in [-0.05, 0) is 29.3 Å². The molecule has 0 fully saturated rings. The van der Waals surface area contributed by atoms with Crippen LogP contribution in [0.4, 0.5) is 5.69 Å². The Kier molecular flexibility index (Phi) is 5.90. The van der Waals surface area contributed by atoms with Crippen molar-refractivity contribution in [1.82, 2.24) is 15.4 Å². The average molecular weight is 355 g/mol. The molecule has 3 rings (SSSR count). The van der Waals surface area contributed by atoms with Crippen LogP contribution in [0.15, 0.2) is 48.5 Å². The van der Waals surface area contributed by atoms with Crippen molar-refractivity contribution in [2.45, 2.75) is 6.42 Å². The standard InChI is InChI=1S/C18H14N4O2.ClH/c1-19-14-7-8-15-16(11-14)21-17(20-15)10-13-4-2-12(3-5-13)6-9-18(23)22-24;/h2-9,11,24H,10H2,(H,20,21)(H,22,23);1H/b9-6+;. The minimum absolute atomic E-state index is 0. The monoisotopic (exact) mass is 354 g/mol. The minimum atomic E-state index is -0.569. The van der Waals surface area contributed by atoms with E-state index in [1.165, 1.54) is 6.08 Å². The van der Waals surface area contributed by atoms with Gasteiger partial charge in [-0.25, -0.2) is 15.3 Å². The van der Waals surface area contributed by atoms with Crippen molar-refractivity contribution in [3.8, 4) is 0 Å². The highest BCUT2D eigenvalue weighted by atomic mass is 35.5. The number of aromatic nitrogens is 2. The molecule has 0 aliphatic rings. The van der Waals surface area contributed by atoms with Gasteiger partial charge in [-0.1, -0.05) is 30.3 Å². The number of nitrogens with zero attached hydrogens (tertiary/aromatic N) is 2. The van der Waals surface area contributed by atoms with Crippen molar-refractivity contribution in [3.05, 3.63) is 76.9 Å². The first-order valence-corrected chi connectivity index (χ1v) is 7.25. The van der Waals surface area contributed by atoms with Gasteiger partial charge in [0.15, 0.2) is 5.69 Å². The first-order chi connectivity index (χ1) is 11.7. The van der Waals surface area contributed by atoms with Gasteiger partial charge in [0.05, 0.1) is 17.6 Å². The summed E-state index contributed by atoms with van der Waals surface area (Å²) in [6.07, 6.45) is 3.51. The number of imidazole rings is 1. The molecule has 3 N–H and O–H groups in total. The molecule has 0 unspecified atom stereocenters. The van der Waals surface area contributed by atoms with Gasteiger partial charge >= 0.3 is 0 Å². The molecule has 1 heterocycles. The van der Waals surface area contributed by atoms with Crippen molar-refractivity contribution < 1.29 is 10.0 Å². The summed E-state index contributed by atoms with van der Waals surface area (Å²) in [5.74, 6) is 0.259. The maximum absolute atomic E-state index is 10.9. The van der Waals surface area contributed by atoms with Gasteiger partial charge in [-0.3, -0.25) is 10.0 Å². The summed E-state index contributed by atoms with van der Waals surface area (Å²) >= 11 is 0. The highest BCUT2D eigenvalue weighted by Gasteiger charge is 2.05. The van der Waals surface area contributed by atoms with Crippen LogP contribution in [0, 0.1) is 6.57 Å². The molecule has 0 bridgehead atoms. The number of hydrogen-bond donors (Lipinski definition) is 3. The normalized spacial score (nSPS) is 10.4. The number of carbonyl (C=O) groups is 1. The second-order valence-electron chi connectivity index (χ2n) is 5.22. The second-order valence-corrected chi connectivity index (χ2v) is 5.22. The Labute approximate surface area is 150 Å². The summed E-state index contributed by atoms with van der Waals surface area (Å²) in [7, 11) is 0. The summed E-state index contributed by atoms with van der Waals surface area (Å²) in [6, 6.07) is 13.1. The number of rotatable bonds is 4. The number of benzene rings is 2. The van der Waals surface area contributed by atoms with Crippen molar-refractivity contribution in [1.29, 1.82) is 0 Å². The summed E-state index contributed by atoms with van der Waals surface area (Å²) < 4.78 is 0. The summed E-state index contributed by atoms with van der Waals surface area (Å²) in [5, 5.41) is 8.44. The number of carbonyl (C=O) groups excluding carboxylic acids is 1. The minimum Gasteiger partial charge on any atom is -0.343 e. The lowest BCUT2D eigenvalue weighted by atomic mass is 10.1. The lowest BCUT2D eigenvalue weighted by Gasteiger charge is -1.99. The van der Waals surface area contributed by atoms with Gasteiger partial charge in [0.25, 0.3) is 5.91 Å². The number of halogens is 1. The molecule has 25 heavy (non-hydrogen) atoms. The Morgan fingerprint density at radius 2 is 2.04 bits per heavy atom. The van der Waals surface area contributed by atoms with E-state index in [0.717, 1.165) is 28.0 Å². The number of amides is 1. The first-order valence-electron chi connectivity index (χ1n) is 7.25. The third kappa shape index (κ3) is 4.44. The van der Waals surface area contributed by atoms with Crippen LogP contribution in [0.3, 0.4) is 0 Å². The lowest BCUT2D eigenvalue weighted by molar-refractivity contribution is -0.124. The van der Waals surface area contributed by atoms with Crippen LogP contribution in [-0.4, -0.2) is 21.1 Å². The fourth-order valence-corrected chi connectivity index (χ4v) is 2.35. The van der Waals surface area contributed by atoms with Crippen molar-refractivity contribution >= 4 is 41.1 Å². The molecule has 3 aromatic rings. The third-order valence-electron chi connectivity index (χ3n) is 3.53. The zero-order valence-electron chi connectivity index (χ0n) is 13.1. The molecule has 0 spiro atoms. The molecule has 126 valence electrons. The van der Waals surface area contributed by atoms with Crippen molar-refractivity contribution in [2.24, 2.45) is 0 Å². The predicted molar refractivity (Wildman–Crippen MR) is 97.8 cm³/mol. The van der Waals surface area contributed by atoms with Gasteiger partial charge in [-0.15, -0.1) is 12.4 Å². The largest absolute Gasteiger partial charge is 0.343 e. The molecule has 0 saturated heterocycles. The lowest BCUT2D eigenvalue weighted by Crippen LogP contribution is -2.14. The Bertz CT molecular complexity index is 955. The van der Waals surface area contributed by atoms with Crippen molar-refractivity contribution in [2.75, 3.05) is 0 Å². The molecule has 0 aliphatic heterocycles.